The standard InChI is InChI=1S/C17H19N3O3S/c1-3-4-15(21)20-13-7-10-11(17-18-5-6-24-17)8-16(22)19-12(10)9-14(13)23-2/h5-7,9,11H,3-4,8H2,1-2H3,(H,19,22)(H,20,21)/t11-/m0/s1. The van der Waals surface area contributed by atoms with E-state index in [1.54, 1.807) is 19.4 Å². The third-order valence-electron chi connectivity index (χ3n) is 3.91. The molecule has 0 fully saturated rings. The Morgan fingerprint density at radius 2 is 2.33 bits per heavy atom. The first kappa shape index (κ1) is 16.4. The minimum absolute atomic E-state index is 0.0486. The molecule has 0 unspecified atom stereocenters. The van der Waals surface area contributed by atoms with Crippen LogP contribution in [0.5, 0.6) is 5.75 Å². The summed E-state index contributed by atoms with van der Waals surface area (Å²) in [6, 6.07) is 3.64. The molecule has 6 nitrogen and oxygen atoms in total. The van der Waals surface area contributed by atoms with Crippen molar-refractivity contribution >= 4 is 34.5 Å². The zero-order chi connectivity index (χ0) is 17.1. The third-order valence-corrected chi connectivity index (χ3v) is 4.80. The lowest BCUT2D eigenvalue weighted by Gasteiger charge is -2.26. The fraction of sp³-hybridized carbons (Fsp3) is 0.353. The van der Waals surface area contributed by atoms with E-state index in [0.717, 1.165) is 17.0 Å². The van der Waals surface area contributed by atoms with Crippen LogP contribution in [-0.2, 0) is 9.59 Å². The zero-order valence-electron chi connectivity index (χ0n) is 13.6. The summed E-state index contributed by atoms with van der Waals surface area (Å²) in [6.07, 6.45) is 3.30. The first-order chi connectivity index (χ1) is 11.6. The molecular formula is C17H19N3O3S. The van der Waals surface area contributed by atoms with Crippen LogP contribution >= 0.6 is 11.3 Å². The lowest BCUT2D eigenvalue weighted by molar-refractivity contribution is -0.117. The number of nitrogens with one attached hydrogen (secondary N) is 2. The highest BCUT2D eigenvalue weighted by molar-refractivity contribution is 7.09. The number of carbonyl (C=O) groups is 2. The van der Waals surface area contributed by atoms with Crippen LogP contribution in [0.2, 0.25) is 0 Å². The van der Waals surface area contributed by atoms with Gasteiger partial charge in [0.15, 0.2) is 0 Å². The molecular weight excluding hydrogens is 326 g/mol. The number of hydrogen-bond acceptors (Lipinski definition) is 5. The zero-order valence-corrected chi connectivity index (χ0v) is 14.4. The van der Waals surface area contributed by atoms with E-state index < -0.39 is 0 Å². The molecule has 0 bridgehead atoms. The summed E-state index contributed by atoms with van der Waals surface area (Å²) in [7, 11) is 1.54. The fourth-order valence-corrected chi connectivity index (χ4v) is 3.58. The van der Waals surface area contributed by atoms with Crippen molar-refractivity contribution in [1.82, 2.24) is 4.98 Å². The number of anilines is 2. The predicted molar refractivity (Wildman–Crippen MR) is 93.7 cm³/mol. The molecule has 2 heterocycles. The van der Waals surface area contributed by atoms with Gasteiger partial charge in [0, 0.05) is 42.1 Å². The van der Waals surface area contributed by atoms with Crippen molar-refractivity contribution < 1.29 is 14.3 Å². The van der Waals surface area contributed by atoms with Crippen molar-refractivity contribution in [3.63, 3.8) is 0 Å². The van der Waals surface area contributed by atoms with Crippen LogP contribution in [0.25, 0.3) is 0 Å². The lowest BCUT2D eigenvalue weighted by atomic mass is 9.90. The Morgan fingerprint density at radius 1 is 1.50 bits per heavy atom. The number of thiazole rings is 1. The average molecular weight is 345 g/mol. The monoisotopic (exact) mass is 345 g/mol. The minimum Gasteiger partial charge on any atom is -0.494 e. The van der Waals surface area contributed by atoms with Gasteiger partial charge in [-0.1, -0.05) is 6.92 Å². The second-order valence-electron chi connectivity index (χ2n) is 5.61. The van der Waals surface area contributed by atoms with Gasteiger partial charge >= 0.3 is 0 Å². The minimum atomic E-state index is -0.110. The summed E-state index contributed by atoms with van der Waals surface area (Å²) in [6.45, 7) is 1.96. The van der Waals surface area contributed by atoms with Crippen molar-refractivity contribution in [3.05, 3.63) is 34.3 Å². The van der Waals surface area contributed by atoms with Gasteiger partial charge in [0.25, 0.3) is 0 Å². The van der Waals surface area contributed by atoms with Crippen LogP contribution < -0.4 is 15.4 Å². The van der Waals surface area contributed by atoms with E-state index in [1.165, 1.54) is 11.3 Å². The average Bonchev–Trinajstić information content (AvgIpc) is 3.08. The Balaban J connectivity index is 2.03. The normalized spacial score (nSPS) is 16.2. The summed E-state index contributed by atoms with van der Waals surface area (Å²) in [4.78, 5) is 28.4. The van der Waals surface area contributed by atoms with Crippen LogP contribution in [0.4, 0.5) is 11.4 Å². The summed E-state index contributed by atoms with van der Waals surface area (Å²) in [5, 5.41) is 8.56. The van der Waals surface area contributed by atoms with Crippen LogP contribution in [0.3, 0.4) is 0 Å². The summed E-state index contributed by atoms with van der Waals surface area (Å²) in [5.41, 5.74) is 2.27. The number of carbonyl (C=O) groups excluding carboxylic acids is 2. The van der Waals surface area contributed by atoms with Gasteiger partial charge in [0.1, 0.15) is 10.8 Å². The summed E-state index contributed by atoms with van der Waals surface area (Å²) < 4.78 is 5.37. The summed E-state index contributed by atoms with van der Waals surface area (Å²) >= 11 is 1.52. The van der Waals surface area contributed by atoms with Crippen LogP contribution in [-0.4, -0.2) is 23.9 Å². The molecule has 0 aliphatic carbocycles. The number of amides is 2. The Kier molecular flexibility index (Phi) is 4.80. The molecule has 2 N–H and O–H groups in total. The van der Waals surface area contributed by atoms with Crippen molar-refractivity contribution in [2.75, 3.05) is 17.7 Å². The highest BCUT2D eigenvalue weighted by atomic mass is 32.1. The van der Waals surface area contributed by atoms with Gasteiger partial charge in [-0.2, -0.15) is 0 Å². The molecule has 3 rings (SSSR count). The maximum absolute atomic E-state index is 12.0. The van der Waals surface area contributed by atoms with Crippen LogP contribution in [0.15, 0.2) is 23.7 Å². The van der Waals surface area contributed by atoms with E-state index in [1.807, 2.05) is 18.4 Å². The second-order valence-corrected chi connectivity index (χ2v) is 6.54. The largest absolute Gasteiger partial charge is 0.494 e. The van der Waals surface area contributed by atoms with Crippen LogP contribution in [0, 0.1) is 0 Å². The topological polar surface area (TPSA) is 80.3 Å². The number of aromatic nitrogens is 1. The van der Waals surface area contributed by atoms with Gasteiger partial charge in [-0.05, 0) is 18.1 Å². The van der Waals surface area contributed by atoms with E-state index >= 15 is 0 Å². The first-order valence-corrected chi connectivity index (χ1v) is 8.71. The highest BCUT2D eigenvalue weighted by Crippen LogP contribution is 2.42. The van der Waals surface area contributed by atoms with Gasteiger partial charge in [-0.3, -0.25) is 9.59 Å². The van der Waals surface area contributed by atoms with Gasteiger partial charge in [0.05, 0.1) is 12.8 Å². The molecule has 2 amide bonds. The van der Waals surface area contributed by atoms with Gasteiger partial charge < -0.3 is 15.4 Å². The third kappa shape index (κ3) is 3.26. The smallest absolute Gasteiger partial charge is 0.225 e. The van der Waals surface area contributed by atoms with E-state index in [0.29, 0.717) is 30.0 Å². The predicted octanol–water partition coefficient (Wildman–Crippen LogP) is 3.36. The molecule has 1 aliphatic rings. The molecule has 2 aromatic rings. The van der Waals surface area contributed by atoms with Gasteiger partial charge in [-0.15, -0.1) is 11.3 Å². The molecule has 126 valence electrons. The van der Waals surface area contributed by atoms with Crippen molar-refractivity contribution in [3.8, 4) is 5.75 Å². The highest BCUT2D eigenvalue weighted by Gasteiger charge is 2.29. The lowest BCUT2D eigenvalue weighted by Crippen LogP contribution is -2.24. The number of rotatable bonds is 5. The SMILES string of the molecule is CCCC(=O)Nc1cc2c(cc1OC)NC(=O)C[C@@H]2c1nccs1. The molecule has 0 spiro atoms. The van der Waals surface area contributed by atoms with Gasteiger partial charge in [0.2, 0.25) is 11.8 Å². The molecule has 7 heteroatoms. The molecule has 1 aromatic heterocycles. The molecule has 24 heavy (non-hydrogen) atoms. The molecule has 0 saturated heterocycles. The van der Waals surface area contributed by atoms with Crippen molar-refractivity contribution in [2.45, 2.75) is 32.1 Å². The van der Waals surface area contributed by atoms with Crippen molar-refractivity contribution in [1.29, 1.82) is 0 Å². The van der Waals surface area contributed by atoms with E-state index in [-0.39, 0.29) is 17.7 Å². The first-order valence-electron chi connectivity index (χ1n) is 7.83. The quantitative estimate of drug-likeness (QED) is 0.871. The molecule has 1 atom stereocenters. The van der Waals surface area contributed by atoms with E-state index in [4.69, 9.17) is 4.74 Å². The van der Waals surface area contributed by atoms with Gasteiger partial charge in [-0.25, -0.2) is 4.98 Å². The number of nitrogens with zero attached hydrogens (tertiary/aromatic N) is 1. The fourth-order valence-electron chi connectivity index (χ4n) is 2.82. The van der Waals surface area contributed by atoms with E-state index in [2.05, 4.69) is 15.6 Å². The number of ether oxygens (including phenoxy) is 1. The number of fused-ring (bicyclic) bond motifs is 1. The number of methoxy groups -OCH3 is 1. The maximum Gasteiger partial charge on any atom is 0.225 e. The Hall–Kier alpha value is -2.41. The molecule has 0 radical (unpaired) electrons. The molecule has 0 saturated carbocycles. The maximum atomic E-state index is 12.0. The Bertz CT molecular complexity index is 759. The second kappa shape index (κ2) is 7.00. The van der Waals surface area contributed by atoms with Crippen LogP contribution in [0.1, 0.15) is 42.7 Å². The number of hydrogen-bond donors (Lipinski definition) is 2. The Labute approximate surface area is 144 Å². The summed E-state index contributed by atoms with van der Waals surface area (Å²) in [5.74, 6) is 0.314. The molecule has 1 aromatic carbocycles. The molecule has 1 aliphatic heterocycles. The Morgan fingerprint density at radius 3 is 3.00 bits per heavy atom. The van der Waals surface area contributed by atoms with Crippen molar-refractivity contribution in [2.24, 2.45) is 0 Å². The number of benzene rings is 1. The van der Waals surface area contributed by atoms with E-state index in [9.17, 15) is 9.59 Å².